The van der Waals surface area contributed by atoms with Crippen LogP contribution in [0, 0.1) is 0 Å². The van der Waals surface area contributed by atoms with Crippen LogP contribution in [0.25, 0.3) is 0 Å². The Balaban J connectivity index is 2.32. The van der Waals surface area contributed by atoms with Crippen LogP contribution < -0.4 is 10.3 Å². The molecule has 2 atom stereocenters. The lowest BCUT2D eigenvalue weighted by atomic mass is 10.0. The maximum absolute atomic E-state index is 12.9. The molecule has 2 aromatic rings. The predicted octanol–water partition coefficient (Wildman–Crippen LogP) is 4.67. The number of esters is 1. The van der Waals surface area contributed by atoms with E-state index in [-0.39, 0.29) is 24.8 Å². The Morgan fingerprint density at radius 2 is 2.00 bits per heavy atom. The molecule has 1 heterocycles. The first-order valence-corrected chi connectivity index (χ1v) is 13.9. The number of nitrogens with one attached hydrogen (secondary N) is 1. The zero-order chi connectivity index (χ0) is 24.8. The van der Waals surface area contributed by atoms with Gasteiger partial charge in [0, 0.05) is 16.4 Å². The second-order valence-electron chi connectivity index (χ2n) is 8.20. The number of ether oxygens (including phenoxy) is 1. The molecule has 0 aliphatic heterocycles. The molecule has 0 spiro atoms. The minimum absolute atomic E-state index is 0.200. The molecule has 1 aromatic carbocycles. The van der Waals surface area contributed by atoms with Crippen molar-refractivity contribution >= 4 is 56.6 Å². The molecule has 0 radical (unpaired) electrons. The van der Waals surface area contributed by atoms with Crippen LogP contribution in [0.4, 0.5) is 0 Å². The number of hydrogen-bond donors (Lipinski definition) is 1. The van der Waals surface area contributed by atoms with Gasteiger partial charge >= 0.3 is 5.97 Å². The van der Waals surface area contributed by atoms with Crippen LogP contribution >= 0.6 is 39.3 Å². The molecule has 1 aromatic heterocycles. The molecule has 0 bridgehead atoms. The molecule has 0 unspecified atom stereocenters. The van der Waals surface area contributed by atoms with E-state index in [0.717, 1.165) is 5.56 Å². The van der Waals surface area contributed by atoms with Gasteiger partial charge in [-0.15, -0.1) is 4.72 Å². The van der Waals surface area contributed by atoms with Crippen LogP contribution in [0.5, 0.6) is 0 Å². The van der Waals surface area contributed by atoms with E-state index in [4.69, 9.17) is 16.3 Å². The lowest BCUT2D eigenvalue weighted by Crippen LogP contribution is -2.41. The summed E-state index contributed by atoms with van der Waals surface area (Å²) in [5, 5.41) is 1.05. The predicted molar refractivity (Wildman–Crippen MR) is 138 cm³/mol. The van der Waals surface area contributed by atoms with E-state index in [0.29, 0.717) is 33.2 Å². The summed E-state index contributed by atoms with van der Waals surface area (Å²) >= 11 is 9.39. The second kappa shape index (κ2) is 12.6. The van der Waals surface area contributed by atoms with E-state index in [2.05, 4.69) is 25.6 Å². The monoisotopic (exact) mass is 577 g/mol. The van der Waals surface area contributed by atoms with Crippen LogP contribution in [0.15, 0.2) is 38.7 Å². The topological polar surface area (TPSA) is 96.3 Å². The Hall–Kier alpha value is -1.04. The van der Waals surface area contributed by atoms with Crippen LogP contribution in [0.1, 0.15) is 51.4 Å². The smallest absolute Gasteiger partial charge is 0.326 e. The van der Waals surface area contributed by atoms with Gasteiger partial charge in [-0.2, -0.15) is 0 Å². The Labute approximate surface area is 215 Å². The summed E-state index contributed by atoms with van der Waals surface area (Å²) in [4.78, 5) is 29.5. The van der Waals surface area contributed by atoms with Crippen molar-refractivity contribution in [1.82, 2.24) is 14.3 Å². The number of halogens is 2. The van der Waals surface area contributed by atoms with Crippen molar-refractivity contribution in [3.63, 3.8) is 0 Å². The highest BCUT2D eigenvalue weighted by molar-refractivity contribution is 9.10. The summed E-state index contributed by atoms with van der Waals surface area (Å²) in [6, 6.07) is 7.14. The molecule has 0 aliphatic carbocycles. The number of benzene rings is 1. The summed E-state index contributed by atoms with van der Waals surface area (Å²) in [6.45, 7) is 7.47. The number of rotatable bonds is 10. The third-order valence-electron chi connectivity index (χ3n) is 4.67. The van der Waals surface area contributed by atoms with Gasteiger partial charge < -0.3 is 9.29 Å². The number of aryl methyl sites for hydroxylation is 1. The van der Waals surface area contributed by atoms with E-state index in [1.54, 1.807) is 25.3 Å². The first kappa shape index (κ1) is 28.2. The molecule has 0 amide bonds. The minimum Gasteiger partial charge on any atom is -0.598 e. The number of carbonyl (C=O) groups is 1. The van der Waals surface area contributed by atoms with Gasteiger partial charge in [-0.1, -0.05) is 35.5 Å². The molecule has 0 saturated heterocycles. The zero-order valence-electron chi connectivity index (χ0n) is 19.3. The third-order valence-corrected chi connectivity index (χ3v) is 8.01. The maximum Gasteiger partial charge on any atom is 0.326 e. The highest BCUT2D eigenvalue weighted by Crippen LogP contribution is 2.26. The van der Waals surface area contributed by atoms with Crippen molar-refractivity contribution in [3.8, 4) is 0 Å². The second-order valence-corrected chi connectivity index (χ2v) is 12.2. The zero-order valence-corrected chi connectivity index (χ0v) is 23.3. The third kappa shape index (κ3) is 8.00. The van der Waals surface area contributed by atoms with Gasteiger partial charge in [-0.05, 0) is 80.4 Å². The standard InChI is InChI=1S/C22H29BrClN3O4S2/c1-6-31-18(28)13-27-20(29)19(23)17(25-21(27)32-5)12-11-16(26-33(30)22(2,3)4)14-7-9-15(24)10-8-14/h7-10,16,26H,6,11-13H2,1-5H3/t16-,33-/m1/s1. The number of hydrogen-bond acceptors (Lipinski definition) is 7. The van der Waals surface area contributed by atoms with Crippen LogP contribution in [0.3, 0.4) is 0 Å². The van der Waals surface area contributed by atoms with Gasteiger partial charge in [0.15, 0.2) is 5.16 Å². The molecule has 33 heavy (non-hydrogen) atoms. The lowest BCUT2D eigenvalue weighted by Gasteiger charge is -2.28. The summed E-state index contributed by atoms with van der Waals surface area (Å²) in [5.74, 6) is -0.493. The van der Waals surface area contributed by atoms with E-state index in [1.807, 2.05) is 32.9 Å². The van der Waals surface area contributed by atoms with Gasteiger partial charge in [0.1, 0.15) is 15.8 Å². The van der Waals surface area contributed by atoms with Crippen molar-refractivity contribution in [2.75, 3.05) is 12.9 Å². The van der Waals surface area contributed by atoms with E-state index in [1.165, 1.54) is 16.3 Å². The Bertz CT molecular complexity index is 1010. The van der Waals surface area contributed by atoms with Gasteiger partial charge in [-0.3, -0.25) is 14.2 Å². The Morgan fingerprint density at radius 1 is 1.36 bits per heavy atom. The molecule has 2 rings (SSSR count). The average Bonchev–Trinajstić information content (AvgIpc) is 2.75. The van der Waals surface area contributed by atoms with Crippen LogP contribution in [0.2, 0.25) is 5.02 Å². The molecule has 11 heteroatoms. The van der Waals surface area contributed by atoms with Crippen molar-refractivity contribution < 1.29 is 14.1 Å². The van der Waals surface area contributed by atoms with E-state index >= 15 is 0 Å². The molecular weight excluding hydrogens is 550 g/mol. The molecule has 0 saturated carbocycles. The quantitative estimate of drug-likeness (QED) is 0.189. The lowest BCUT2D eigenvalue weighted by molar-refractivity contribution is -0.144. The van der Waals surface area contributed by atoms with Gasteiger partial charge in [0.25, 0.3) is 5.56 Å². The molecular formula is C22H29BrClN3O4S2. The van der Waals surface area contributed by atoms with Gasteiger partial charge in [0.05, 0.1) is 18.3 Å². The summed E-state index contributed by atoms with van der Waals surface area (Å²) in [5.41, 5.74) is 1.17. The van der Waals surface area contributed by atoms with Crippen molar-refractivity contribution in [1.29, 1.82) is 0 Å². The molecule has 182 valence electrons. The SMILES string of the molecule is CCOC(=O)Cn1c(SC)nc(CC[C@@H](N[S@+]([O-])C(C)(C)C)c2ccc(Cl)cc2)c(Br)c1=O. The van der Waals surface area contributed by atoms with Gasteiger partial charge in [-0.25, -0.2) is 4.98 Å². The fourth-order valence-electron chi connectivity index (χ4n) is 2.93. The summed E-state index contributed by atoms with van der Waals surface area (Å²) in [6.07, 6.45) is 2.79. The number of thioether (sulfide) groups is 1. The Morgan fingerprint density at radius 3 is 2.55 bits per heavy atom. The highest BCUT2D eigenvalue weighted by atomic mass is 79.9. The Kier molecular flexibility index (Phi) is 10.8. The van der Waals surface area contributed by atoms with Gasteiger partial charge in [0.2, 0.25) is 0 Å². The van der Waals surface area contributed by atoms with Crippen LogP contribution in [-0.4, -0.2) is 37.7 Å². The summed E-state index contributed by atoms with van der Waals surface area (Å²) < 4.78 is 22.2. The minimum atomic E-state index is -1.30. The average molecular weight is 579 g/mol. The van der Waals surface area contributed by atoms with E-state index < -0.39 is 22.1 Å². The maximum atomic E-state index is 12.9. The molecule has 7 nitrogen and oxygen atoms in total. The first-order chi connectivity index (χ1) is 15.5. The molecule has 0 aliphatic rings. The number of nitrogens with zero attached hydrogens (tertiary/aromatic N) is 2. The van der Waals surface area contributed by atoms with E-state index in [9.17, 15) is 14.1 Å². The van der Waals surface area contributed by atoms with Crippen molar-refractivity contribution in [2.45, 2.75) is 63.0 Å². The number of carbonyl (C=O) groups excluding carboxylic acids is 1. The van der Waals surface area contributed by atoms with Crippen molar-refractivity contribution in [3.05, 3.63) is 55.4 Å². The molecule has 0 fully saturated rings. The fraction of sp³-hybridized carbons (Fsp3) is 0.500. The normalized spacial score (nSPS) is 13.6. The first-order valence-electron chi connectivity index (χ1n) is 10.4. The van der Waals surface area contributed by atoms with Crippen molar-refractivity contribution in [2.24, 2.45) is 0 Å². The fourth-order valence-corrected chi connectivity index (χ4v) is 4.99. The largest absolute Gasteiger partial charge is 0.598 e. The summed E-state index contributed by atoms with van der Waals surface area (Å²) in [7, 11) is 0. The molecule has 1 N–H and O–H groups in total. The number of aromatic nitrogens is 2. The highest BCUT2D eigenvalue weighted by Gasteiger charge is 2.30. The van der Waals surface area contributed by atoms with Crippen LogP contribution in [-0.2, 0) is 33.9 Å².